The van der Waals surface area contributed by atoms with E-state index >= 15 is 0 Å². The van der Waals surface area contributed by atoms with Crippen LogP contribution in [-0.2, 0) is 6.54 Å². The number of hydrogen-bond donors (Lipinski definition) is 1. The van der Waals surface area contributed by atoms with E-state index in [0.717, 1.165) is 12.6 Å². The van der Waals surface area contributed by atoms with Crippen LogP contribution in [0.3, 0.4) is 0 Å². The van der Waals surface area contributed by atoms with E-state index in [0.29, 0.717) is 6.54 Å². The lowest BCUT2D eigenvalue weighted by atomic mass is 10.4. The lowest BCUT2D eigenvalue weighted by Crippen LogP contribution is -2.10. The van der Waals surface area contributed by atoms with Crippen molar-refractivity contribution >= 4 is 0 Å². The maximum absolute atomic E-state index is 12.7. The summed E-state index contributed by atoms with van der Waals surface area (Å²) in [5.74, 6) is -1.45. The molecule has 0 fully saturated rings. The van der Waals surface area contributed by atoms with Gasteiger partial charge >= 0.3 is 0 Å². The average Bonchev–Trinajstić information content (AvgIpc) is 2.01. The van der Waals surface area contributed by atoms with E-state index in [1.54, 1.807) is 0 Å². The summed E-state index contributed by atoms with van der Waals surface area (Å²) in [5, 5.41) is 8.93. The molecule has 0 atom stereocenters. The standard InChI is InChI=1S/C8H10FNO2/c1-2-3-10-4-6(9)8(12)7(11)5-10/h4-5,11H,2-3H2,1H3. The molecule has 1 heterocycles. The van der Waals surface area contributed by atoms with Gasteiger partial charge in [0.1, 0.15) is 0 Å². The van der Waals surface area contributed by atoms with Crippen molar-refractivity contribution < 1.29 is 9.50 Å². The summed E-state index contributed by atoms with van der Waals surface area (Å²) in [5.41, 5.74) is -0.942. The molecular weight excluding hydrogens is 161 g/mol. The van der Waals surface area contributed by atoms with Gasteiger partial charge in [0.2, 0.25) is 0 Å². The van der Waals surface area contributed by atoms with Gasteiger partial charge in [0, 0.05) is 12.7 Å². The minimum atomic E-state index is -0.942. The van der Waals surface area contributed by atoms with E-state index < -0.39 is 17.0 Å². The molecule has 1 N–H and O–H groups in total. The minimum Gasteiger partial charge on any atom is -0.503 e. The van der Waals surface area contributed by atoms with Crippen molar-refractivity contribution in [3.8, 4) is 5.75 Å². The molecule has 0 aromatic carbocycles. The van der Waals surface area contributed by atoms with Crippen LogP contribution in [0.25, 0.3) is 0 Å². The van der Waals surface area contributed by atoms with Gasteiger partial charge in [0.25, 0.3) is 5.43 Å². The first-order valence-electron chi connectivity index (χ1n) is 3.73. The zero-order valence-electron chi connectivity index (χ0n) is 6.75. The number of aromatic hydroxyl groups is 1. The number of halogens is 1. The highest BCUT2D eigenvalue weighted by atomic mass is 19.1. The van der Waals surface area contributed by atoms with Crippen LogP contribution in [0.4, 0.5) is 4.39 Å². The maximum Gasteiger partial charge on any atom is 0.258 e. The average molecular weight is 171 g/mol. The van der Waals surface area contributed by atoms with Crippen molar-refractivity contribution in [1.29, 1.82) is 0 Å². The lowest BCUT2D eigenvalue weighted by Gasteiger charge is -2.03. The van der Waals surface area contributed by atoms with Crippen molar-refractivity contribution in [2.75, 3.05) is 0 Å². The maximum atomic E-state index is 12.7. The molecule has 0 unspecified atom stereocenters. The molecule has 0 radical (unpaired) electrons. The molecule has 12 heavy (non-hydrogen) atoms. The van der Waals surface area contributed by atoms with E-state index in [4.69, 9.17) is 5.11 Å². The number of rotatable bonds is 2. The highest BCUT2D eigenvalue weighted by molar-refractivity contribution is 5.16. The smallest absolute Gasteiger partial charge is 0.258 e. The normalized spacial score (nSPS) is 10.2. The number of nitrogens with zero attached hydrogens (tertiary/aromatic N) is 1. The van der Waals surface area contributed by atoms with Crippen LogP contribution >= 0.6 is 0 Å². The van der Waals surface area contributed by atoms with Crippen LogP contribution in [0.1, 0.15) is 13.3 Å². The van der Waals surface area contributed by atoms with Gasteiger partial charge in [-0.2, -0.15) is 0 Å². The first kappa shape index (κ1) is 8.77. The second-order valence-corrected chi connectivity index (χ2v) is 2.56. The molecular formula is C8H10FNO2. The Labute approximate surface area is 69.1 Å². The highest BCUT2D eigenvalue weighted by Crippen LogP contribution is 2.02. The molecule has 4 heteroatoms. The summed E-state index contributed by atoms with van der Waals surface area (Å²) in [6.07, 6.45) is 3.14. The third-order valence-electron chi connectivity index (χ3n) is 1.50. The zero-order chi connectivity index (χ0) is 9.14. The van der Waals surface area contributed by atoms with E-state index in [9.17, 15) is 9.18 Å². The Morgan fingerprint density at radius 3 is 2.75 bits per heavy atom. The largest absolute Gasteiger partial charge is 0.503 e. The zero-order valence-corrected chi connectivity index (χ0v) is 6.75. The quantitative estimate of drug-likeness (QED) is 0.724. The van der Waals surface area contributed by atoms with Crippen LogP contribution in [0.2, 0.25) is 0 Å². The molecule has 1 aromatic rings. The fourth-order valence-electron chi connectivity index (χ4n) is 0.967. The van der Waals surface area contributed by atoms with Crippen molar-refractivity contribution in [3.05, 3.63) is 28.4 Å². The summed E-state index contributed by atoms with van der Waals surface area (Å²) >= 11 is 0. The molecule has 0 saturated carbocycles. The van der Waals surface area contributed by atoms with E-state index in [-0.39, 0.29) is 0 Å². The second-order valence-electron chi connectivity index (χ2n) is 2.56. The van der Waals surface area contributed by atoms with Crippen LogP contribution < -0.4 is 5.43 Å². The van der Waals surface area contributed by atoms with Gasteiger partial charge in [-0.25, -0.2) is 4.39 Å². The number of hydrogen-bond acceptors (Lipinski definition) is 2. The summed E-state index contributed by atoms with van der Waals surface area (Å²) in [6, 6.07) is 0. The van der Waals surface area contributed by atoms with Crippen molar-refractivity contribution in [1.82, 2.24) is 4.57 Å². The van der Waals surface area contributed by atoms with E-state index in [1.807, 2.05) is 6.92 Å². The number of aryl methyl sites for hydroxylation is 1. The van der Waals surface area contributed by atoms with Crippen molar-refractivity contribution in [2.24, 2.45) is 0 Å². The molecule has 0 bridgehead atoms. The van der Waals surface area contributed by atoms with Gasteiger partial charge in [-0.3, -0.25) is 4.79 Å². The molecule has 1 rings (SSSR count). The van der Waals surface area contributed by atoms with Gasteiger partial charge in [-0.15, -0.1) is 0 Å². The van der Waals surface area contributed by atoms with E-state index in [1.165, 1.54) is 10.8 Å². The van der Waals surface area contributed by atoms with Crippen LogP contribution in [0.15, 0.2) is 17.2 Å². The first-order valence-corrected chi connectivity index (χ1v) is 3.73. The van der Waals surface area contributed by atoms with Gasteiger partial charge in [-0.1, -0.05) is 6.92 Å². The molecule has 1 aromatic heterocycles. The fraction of sp³-hybridized carbons (Fsp3) is 0.375. The molecule has 0 aliphatic carbocycles. The van der Waals surface area contributed by atoms with Crippen molar-refractivity contribution in [3.63, 3.8) is 0 Å². The SMILES string of the molecule is CCCn1cc(O)c(=O)c(F)c1. The van der Waals surface area contributed by atoms with Gasteiger partial charge in [-0.05, 0) is 6.42 Å². The molecule has 66 valence electrons. The lowest BCUT2D eigenvalue weighted by molar-refractivity contribution is 0.446. The van der Waals surface area contributed by atoms with Gasteiger partial charge in [0.05, 0.1) is 6.20 Å². The topological polar surface area (TPSA) is 42.2 Å². The Balaban J connectivity index is 3.13. The van der Waals surface area contributed by atoms with E-state index in [2.05, 4.69) is 0 Å². The summed E-state index contributed by atoms with van der Waals surface area (Å²) in [6.45, 7) is 2.51. The first-order chi connectivity index (χ1) is 5.65. The number of pyridine rings is 1. The molecule has 0 aliphatic heterocycles. The predicted octanol–water partition coefficient (Wildman–Crippen LogP) is 1.10. The third kappa shape index (κ3) is 1.64. The van der Waals surface area contributed by atoms with Gasteiger partial charge < -0.3 is 9.67 Å². The monoisotopic (exact) mass is 171 g/mol. The predicted molar refractivity (Wildman–Crippen MR) is 42.6 cm³/mol. The fourth-order valence-corrected chi connectivity index (χ4v) is 0.967. The Morgan fingerprint density at radius 1 is 1.58 bits per heavy atom. The summed E-state index contributed by atoms with van der Waals surface area (Å²) in [4.78, 5) is 10.7. The van der Waals surface area contributed by atoms with Crippen LogP contribution in [-0.4, -0.2) is 9.67 Å². The Morgan fingerprint density at radius 2 is 2.25 bits per heavy atom. The third-order valence-corrected chi connectivity index (χ3v) is 1.50. The second kappa shape index (κ2) is 3.38. The van der Waals surface area contributed by atoms with Crippen molar-refractivity contribution in [2.45, 2.75) is 19.9 Å². The highest BCUT2D eigenvalue weighted by Gasteiger charge is 2.04. The molecule has 0 amide bonds. The molecule has 0 aliphatic rings. The molecule has 3 nitrogen and oxygen atoms in total. The summed E-state index contributed by atoms with van der Waals surface area (Å²) < 4.78 is 14.1. The Kier molecular flexibility index (Phi) is 2.47. The Hall–Kier alpha value is -1.32. The van der Waals surface area contributed by atoms with Crippen LogP contribution in [0.5, 0.6) is 5.75 Å². The van der Waals surface area contributed by atoms with Gasteiger partial charge in [0.15, 0.2) is 11.6 Å². The Bertz CT molecular complexity index is 306. The number of aromatic nitrogens is 1. The molecule has 0 saturated heterocycles. The minimum absolute atomic E-state index is 0.538. The summed E-state index contributed by atoms with van der Waals surface area (Å²) in [7, 11) is 0. The molecule has 0 spiro atoms. The van der Waals surface area contributed by atoms with Crippen LogP contribution in [0, 0.1) is 5.82 Å².